The Morgan fingerprint density at radius 3 is 2.04 bits per heavy atom. The van der Waals surface area contributed by atoms with Crippen LogP contribution in [0, 0.1) is 3.57 Å². The summed E-state index contributed by atoms with van der Waals surface area (Å²) in [4.78, 5) is 21.8. The number of alkyl halides is 3. The number of carbonyl (C=O) groups is 2. The molecular weight excluding hydrogens is 428 g/mol. The van der Waals surface area contributed by atoms with Crippen molar-refractivity contribution < 1.29 is 32.2 Å². The van der Waals surface area contributed by atoms with Crippen LogP contribution in [0.4, 0.5) is 13.2 Å². The summed E-state index contributed by atoms with van der Waals surface area (Å²) < 4.78 is 46.5. The van der Waals surface area contributed by atoms with E-state index in [0.717, 1.165) is 25.0 Å². The van der Waals surface area contributed by atoms with Gasteiger partial charge in [0.15, 0.2) is 0 Å². The van der Waals surface area contributed by atoms with Gasteiger partial charge in [-0.2, -0.15) is 13.2 Å². The molecule has 1 aromatic rings. The highest BCUT2D eigenvalue weighted by Crippen LogP contribution is 2.37. The molecule has 8 heteroatoms. The molecule has 0 N–H and O–H groups in total. The molecule has 2 fully saturated rings. The number of hydrogen-bond acceptors (Lipinski definition) is 4. The molecule has 126 valence electrons. The summed E-state index contributed by atoms with van der Waals surface area (Å²) in [6.45, 7) is 0. The van der Waals surface area contributed by atoms with E-state index >= 15 is 0 Å². The van der Waals surface area contributed by atoms with Crippen LogP contribution in [0.1, 0.15) is 37.7 Å². The van der Waals surface area contributed by atoms with Crippen molar-refractivity contribution in [2.24, 2.45) is 0 Å². The van der Waals surface area contributed by atoms with Gasteiger partial charge in [0.1, 0.15) is 6.42 Å². The lowest BCUT2D eigenvalue weighted by atomic mass is 10.2. The van der Waals surface area contributed by atoms with Crippen LogP contribution in [0.3, 0.4) is 0 Å². The third kappa shape index (κ3) is 5.08. The van der Waals surface area contributed by atoms with Gasteiger partial charge in [-0.1, -0.05) is 6.07 Å². The van der Waals surface area contributed by atoms with Crippen molar-refractivity contribution in [1.29, 1.82) is 0 Å². The van der Waals surface area contributed by atoms with E-state index in [1.807, 2.05) is 22.6 Å². The zero-order valence-electron chi connectivity index (χ0n) is 12.0. The average molecular weight is 442 g/mol. The van der Waals surface area contributed by atoms with E-state index < -0.39 is 29.5 Å². The highest BCUT2D eigenvalue weighted by atomic mass is 127. The number of carbonyl (C=O) groups excluding carboxylic acids is 2. The lowest BCUT2D eigenvalue weighted by Gasteiger charge is -2.31. The van der Waals surface area contributed by atoms with E-state index in [1.165, 1.54) is 6.07 Å². The lowest BCUT2D eigenvalue weighted by Crippen LogP contribution is -2.42. The zero-order valence-corrected chi connectivity index (χ0v) is 14.1. The molecule has 3 rings (SSSR count). The van der Waals surface area contributed by atoms with Crippen LogP contribution < -0.4 is 0 Å². The number of esters is 2. The molecule has 4 nitrogen and oxygen atoms in total. The Morgan fingerprint density at radius 1 is 1.04 bits per heavy atom. The van der Waals surface area contributed by atoms with E-state index in [9.17, 15) is 22.8 Å². The molecule has 0 radical (unpaired) electrons. The third-order valence-electron chi connectivity index (χ3n) is 3.41. The molecule has 1 saturated carbocycles. The molecule has 1 spiro atoms. The monoisotopic (exact) mass is 442 g/mol. The molecule has 0 aromatic heterocycles. The summed E-state index contributed by atoms with van der Waals surface area (Å²) in [5.41, 5.74) is -0.593. The van der Waals surface area contributed by atoms with Gasteiger partial charge >= 0.3 is 18.1 Å². The fourth-order valence-corrected chi connectivity index (χ4v) is 2.95. The van der Waals surface area contributed by atoms with E-state index in [0.29, 0.717) is 16.4 Å². The quantitative estimate of drug-likeness (QED) is 0.346. The van der Waals surface area contributed by atoms with Crippen molar-refractivity contribution >= 4 is 34.5 Å². The van der Waals surface area contributed by atoms with Crippen molar-refractivity contribution in [2.75, 3.05) is 0 Å². The first-order valence-corrected chi connectivity index (χ1v) is 8.05. The summed E-state index contributed by atoms with van der Waals surface area (Å²) in [5.74, 6) is -1.78. The van der Waals surface area contributed by atoms with Crippen molar-refractivity contribution in [2.45, 2.75) is 44.1 Å². The maximum atomic E-state index is 12.0. The van der Waals surface area contributed by atoms with Crippen LogP contribution in [0.5, 0.6) is 0 Å². The molecule has 1 aliphatic carbocycles. The fraction of sp³-hybridized carbons (Fsp3) is 0.467. The second-order valence-corrected chi connectivity index (χ2v) is 6.50. The molecule has 23 heavy (non-hydrogen) atoms. The maximum absolute atomic E-state index is 12.0. The van der Waals surface area contributed by atoms with Crippen molar-refractivity contribution in [1.82, 2.24) is 0 Å². The average Bonchev–Trinajstić information content (AvgIpc) is 2.84. The van der Waals surface area contributed by atoms with Gasteiger partial charge in [-0.15, -0.1) is 0 Å². The fourth-order valence-electron chi connectivity index (χ4n) is 2.41. The molecule has 1 saturated heterocycles. The standard InChI is InChI=1S/C8H10O4.C7H4F3I/c9-6-5-7(10)12-8(11-6)3-1-2-4-8;8-7(9,10)5-2-1-3-6(11)4-5/h1-5H2;1-4H. The van der Waals surface area contributed by atoms with Crippen LogP contribution in [-0.2, 0) is 25.2 Å². The molecule has 0 amide bonds. The van der Waals surface area contributed by atoms with Crippen molar-refractivity contribution in [3.05, 3.63) is 33.4 Å². The topological polar surface area (TPSA) is 52.6 Å². The Bertz CT molecular complexity index is 577. The number of halogens is 4. The number of rotatable bonds is 0. The van der Waals surface area contributed by atoms with Gasteiger partial charge in [0.2, 0.25) is 0 Å². The molecule has 0 atom stereocenters. The highest BCUT2D eigenvalue weighted by molar-refractivity contribution is 14.1. The zero-order chi connectivity index (χ0) is 17.1. The molecule has 1 heterocycles. The van der Waals surface area contributed by atoms with Crippen molar-refractivity contribution in [3.8, 4) is 0 Å². The summed E-state index contributed by atoms with van der Waals surface area (Å²) >= 11 is 1.85. The lowest BCUT2D eigenvalue weighted by molar-refractivity contribution is -0.241. The number of benzene rings is 1. The normalized spacial score (nSPS) is 19.7. The van der Waals surface area contributed by atoms with Gasteiger partial charge in [-0.3, -0.25) is 9.59 Å². The molecular formula is C15H14F3IO4. The van der Waals surface area contributed by atoms with E-state index in [2.05, 4.69) is 0 Å². The summed E-state index contributed by atoms with van der Waals surface area (Å²) in [6.07, 6.45) is -1.22. The first-order chi connectivity index (χ1) is 10.7. The Kier molecular flexibility index (Phi) is 5.53. The minimum absolute atomic E-state index is 0.234. The summed E-state index contributed by atoms with van der Waals surface area (Å²) in [7, 11) is 0. The van der Waals surface area contributed by atoms with Gasteiger partial charge in [0.25, 0.3) is 5.79 Å². The van der Waals surface area contributed by atoms with Gasteiger partial charge in [0, 0.05) is 16.4 Å². The first-order valence-electron chi connectivity index (χ1n) is 6.97. The van der Waals surface area contributed by atoms with E-state index in [4.69, 9.17) is 9.47 Å². The molecule has 0 bridgehead atoms. The minimum atomic E-state index is -4.22. The molecule has 1 aliphatic heterocycles. The van der Waals surface area contributed by atoms with Gasteiger partial charge in [0.05, 0.1) is 5.56 Å². The van der Waals surface area contributed by atoms with Crippen LogP contribution in [0.25, 0.3) is 0 Å². The predicted octanol–water partition coefficient (Wildman–Crippen LogP) is 4.06. The second-order valence-electron chi connectivity index (χ2n) is 5.25. The minimum Gasteiger partial charge on any atom is -0.422 e. The Morgan fingerprint density at radius 2 is 1.61 bits per heavy atom. The maximum Gasteiger partial charge on any atom is 0.416 e. The third-order valence-corrected chi connectivity index (χ3v) is 4.08. The van der Waals surface area contributed by atoms with E-state index in [-0.39, 0.29) is 6.42 Å². The van der Waals surface area contributed by atoms with Crippen LogP contribution in [0.2, 0.25) is 0 Å². The molecule has 2 aliphatic rings. The first kappa shape index (κ1) is 18.0. The Balaban J connectivity index is 0.000000168. The summed E-state index contributed by atoms with van der Waals surface area (Å²) in [5, 5.41) is 0. The molecule has 0 unspecified atom stereocenters. The smallest absolute Gasteiger partial charge is 0.416 e. The van der Waals surface area contributed by atoms with Gasteiger partial charge in [-0.05, 0) is 53.6 Å². The Hall–Kier alpha value is -1.32. The Labute approximate surface area is 144 Å². The SMILES string of the molecule is FC(F)(F)c1cccc(I)c1.O=C1CC(=O)OC2(CCCC2)O1. The second kappa shape index (κ2) is 7.06. The van der Waals surface area contributed by atoms with E-state index in [1.54, 1.807) is 6.07 Å². The van der Waals surface area contributed by atoms with Crippen LogP contribution in [0.15, 0.2) is 24.3 Å². The highest BCUT2D eigenvalue weighted by Gasteiger charge is 2.45. The van der Waals surface area contributed by atoms with Gasteiger partial charge < -0.3 is 9.47 Å². The van der Waals surface area contributed by atoms with Gasteiger partial charge in [-0.25, -0.2) is 0 Å². The predicted molar refractivity (Wildman–Crippen MR) is 82.2 cm³/mol. The number of ether oxygens (including phenoxy) is 2. The van der Waals surface area contributed by atoms with Crippen LogP contribution >= 0.6 is 22.6 Å². The largest absolute Gasteiger partial charge is 0.422 e. The summed E-state index contributed by atoms with van der Waals surface area (Å²) in [6, 6.07) is 5.18. The van der Waals surface area contributed by atoms with Crippen molar-refractivity contribution in [3.63, 3.8) is 0 Å². The number of hydrogen-bond donors (Lipinski definition) is 0. The van der Waals surface area contributed by atoms with Crippen LogP contribution in [-0.4, -0.2) is 17.7 Å². The molecule has 1 aromatic carbocycles.